The van der Waals surface area contributed by atoms with E-state index in [4.69, 9.17) is 0 Å². The lowest BCUT2D eigenvalue weighted by Gasteiger charge is -2.17. The average molecular weight is 363 g/mol. The van der Waals surface area contributed by atoms with Gasteiger partial charge in [0.15, 0.2) is 0 Å². The predicted molar refractivity (Wildman–Crippen MR) is 105 cm³/mol. The molecular weight excluding hydrogens is 338 g/mol. The molecule has 1 atom stereocenters. The lowest BCUT2D eigenvalue weighted by Crippen LogP contribution is -2.37. The van der Waals surface area contributed by atoms with Gasteiger partial charge in [-0.1, -0.05) is 30.3 Å². The topological polar surface area (TPSA) is 61.4 Å². The normalized spacial score (nSPS) is 19.6. The van der Waals surface area contributed by atoms with Crippen LogP contribution in [0.15, 0.2) is 54.6 Å². The van der Waals surface area contributed by atoms with E-state index in [0.717, 1.165) is 44.6 Å². The van der Waals surface area contributed by atoms with Gasteiger partial charge in [0.25, 0.3) is 5.91 Å². The fourth-order valence-corrected chi connectivity index (χ4v) is 3.50. The second kappa shape index (κ2) is 7.92. The maximum absolute atomic E-state index is 12.5. The van der Waals surface area contributed by atoms with Crippen molar-refractivity contribution in [3.05, 3.63) is 65.7 Å². The van der Waals surface area contributed by atoms with E-state index in [1.807, 2.05) is 6.07 Å². The van der Waals surface area contributed by atoms with Crippen molar-refractivity contribution in [2.75, 3.05) is 18.4 Å². The van der Waals surface area contributed by atoms with Crippen molar-refractivity contribution < 1.29 is 9.59 Å². The number of carbonyl (C=O) groups excluding carboxylic acids is 2. The van der Waals surface area contributed by atoms with E-state index in [-0.39, 0.29) is 23.8 Å². The molecule has 1 saturated carbocycles. The summed E-state index contributed by atoms with van der Waals surface area (Å²) in [5.74, 6) is 0.201. The van der Waals surface area contributed by atoms with Crippen molar-refractivity contribution in [2.24, 2.45) is 5.92 Å². The minimum atomic E-state index is -0.0540. The second-order valence-electron chi connectivity index (χ2n) is 7.52. The molecule has 1 aliphatic carbocycles. The highest BCUT2D eigenvalue weighted by Crippen LogP contribution is 2.30. The predicted octanol–water partition coefficient (Wildman–Crippen LogP) is 3.04. The van der Waals surface area contributed by atoms with Crippen LogP contribution >= 0.6 is 0 Å². The van der Waals surface area contributed by atoms with E-state index in [1.54, 1.807) is 24.3 Å². The minimum absolute atomic E-state index is 0.0540. The Morgan fingerprint density at radius 3 is 2.41 bits per heavy atom. The summed E-state index contributed by atoms with van der Waals surface area (Å²) in [4.78, 5) is 26.7. The van der Waals surface area contributed by atoms with Crippen LogP contribution in [0.5, 0.6) is 0 Å². The molecule has 0 radical (unpaired) electrons. The molecule has 2 aromatic carbocycles. The standard InChI is InChI=1S/C22H25N3O2/c26-21(17-6-7-17)23-19-10-8-18(9-11-19)22(27)24-20-12-13-25(15-20)14-16-4-2-1-3-5-16/h1-5,8-11,17,20H,6-7,12-15H2,(H,23,26)(H,24,27). The Hall–Kier alpha value is -2.66. The van der Waals surface area contributed by atoms with Crippen molar-refractivity contribution >= 4 is 17.5 Å². The number of hydrogen-bond acceptors (Lipinski definition) is 3. The van der Waals surface area contributed by atoms with Crippen LogP contribution in [0.1, 0.15) is 35.2 Å². The second-order valence-corrected chi connectivity index (χ2v) is 7.52. The molecule has 0 aromatic heterocycles. The molecule has 4 rings (SSSR count). The molecule has 27 heavy (non-hydrogen) atoms. The van der Waals surface area contributed by atoms with Gasteiger partial charge in [0.2, 0.25) is 5.91 Å². The molecule has 5 nitrogen and oxygen atoms in total. The number of rotatable bonds is 6. The summed E-state index contributed by atoms with van der Waals surface area (Å²) in [7, 11) is 0. The molecule has 1 saturated heterocycles. The van der Waals surface area contributed by atoms with Crippen LogP contribution in [0.25, 0.3) is 0 Å². The zero-order valence-corrected chi connectivity index (χ0v) is 15.4. The SMILES string of the molecule is O=C(NC1CCN(Cc2ccccc2)C1)c1ccc(NC(=O)C2CC2)cc1. The van der Waals surface area contributed by atoms with Crippen LogP contribution in [0.2, 0.25) is 0 Å². The molecule has 2 aromatic rings. The van der Waals surface area contributed by atoms with Gasteiger partial charge < -0.3 is 10.6 Å². The van der Waals surface area contributed by atoms with Crippen molar-refractivity contribution in [1.82, 2.24) is 10.2 Å². The zero-order chi connectivity index (χ0) is 18.6. The third-order valence-electron chi connectivity index (χ3n) is 5.22. The number of likely N-dealkylation sites (tertiary alicyclic amines) is 1. The van der Waals surface area contributed by atoms with E-state index in [2.05, 4.69) is 39.8 Å². The average Bonchev–Trinajstić information content (AvgIpc) is 3.45. The lowest BCUT2D eigenvalue weighted by atomic mass is 10.1. The molecule has 0 bridgehead atoms. The highest BCUT2D eigenvalue weighted by atomic mass is 16.2. The molecule has 1 aliphatic heterocycles. The summed E-state index contributed by atoms with van der Waals surface area (Å²) >= 11 is 0. The Balaban J connectivity index is 1.27. The fourth-order valence-electron chi connectivity index (χ4n) is 3.50. The largest absolute Gasteiger partial charge is 0.348 e. The summed E-state index contributed by atoms with van der Waals surface area (Å²) in [6.45, 7) is 2.78. The summed E-state index contributed by atoms with van der Waals surface area (Å²) in [5, 5.41) is 6.03. The molecular formula is C22H25N3O2. The maximum Gasteiger partial charge on any atom is 0.251 e. The van der Waals surface area contributed by atoms with E-state index in [9.17, 15) is 9.59 Å². The summed E-state index contributed by atoms with van der Waals surface area (Å²) in [6.07, 6.45) is 2.93. The third kappa shape index (κ3) is 4.74. The van der Waals surface area contributed by atoms with Crippen LogP contribution in [0.3, 0.4) is 0 Å². The van der Waals surface area contributed by atoms with Gasteiger partial charge >= 0.3 is 0 Å². The maximum atomic E-state index is 12.5. The van der Waals surface area contributed by atoms with Crippen LogP contribution in [0, 0.1) is 5.92 Å². The Labute approximate surface area is 159 Å². The third-order valence-corrected chi connectivity index (χ3v) is 5.22. The van der Waals surface area contributed by atoms with Gasteiger partial charge in [0, 0.05) is 42.8 Å². The Kier molecular flexibility index (Phi) is 5.21. The monoisotopic (exact) mass is 363 g/mol. The van der Waals surface area contributed by atoms with Gasteiger partial charge in [-0.2, -0.15) is 0 Å². The highest BCUT2D eigenvalue weighted by Gasteiger charge is 2.29. The highest BCUT2D eigenvalue weighted by molar-refractivity contribution is 5.96. The van der Waals surface area contributed by atoms with E-state index >= 15 is 0 Å². The van der Waals surface area contributed by atoms with Crippen LogP contribution < -0.4 is 10.6 Å². The summed E-state index contributed by atoms with van der Waals surface area (Å²) < 4.78 is 0. The molecule has 0 spiro atoms. The number of benzene rings is 2. The Bertz CT molecular complexity index is 800. The number of nitrogens with one attached hydrogen (secondary N) is 2. The van der Waals surface area contributed by atoms with Crippen molar-refractivity contribution in [2.45, 2.75) is 31.8 Å². The first-order valence-electron chi connectivity index (χ1n) is 9.65. The number of anilines is 1. The molecule has 140 valence electrons. The number of amides is 2. The van der Waals surface area contributed by atoms with Gasteiger partial charge in [-0.25, -0.2) is 0 Å². The van der Waals surface area contributed by atoms with Crippen molar-refractivity contribution in [1.29, 1.82) is 0 Å². The van der Waals surface area contributed by atoms with E-state index in [0.29, 0.717) is 5.56 Å². The van der Waals surface area contributed by atoms with E-state index < -0.39 is 0 Å². The van der Waals surface area contributed by atoms with Gasteiger partial charge in [0.1, 0.15) is 0 Å². The summed E-state index contributed by atoms with van der Waals surface area (Å²) in [6, 6.07) is 17.7. The Morgan fingerprint density at radius 1 is 0.963 bits per heavy atom. The first kappa shape index (κ1) is 17.7. The molecule has 2 fully saturated rings. The van der Waals surface area contributed by atoms with Crippen LogP contribution in [0.4, 0.5) is 5.69 Å². The molecule has 5 heteroatoms. The van der Waals surface area contributed by atoms with Crippen LogP contribution in [-0.4, -0.2) is 35.8 Å². The Morgan fingerprint density at radius 2 is 1.70 bits per heavy atom. The van der Waals surface area contributed by atoms with Gasteiger partial charge in [-0.05, 0) is 49.1 Å². The van der Waals surface area contributed by atoms with Crippen LogP contribution in [-0.2, 0) is 11.3 Å². The smallest absolute Gasteiger partial charge is 0.251 e. The first-order valence-corrected chi connectivity index (χ1v) is 9.65. The number of carbonyl (C=O) groups is 2. The minimum Gasteiger partial charge on any atom is -0.348 e. The lowest BCUT2D eigenvalue weighted by molar-refractivity contribution is -0.117. The first-order chi connectivity index (χ1) is 13.2. The fraction of sp³-hybridized carbons (Fsp3) is 0.364. The zero-order valence-electron chi connectivity index (χ0n) is 15.4. The quantitative estimate of drug-likeness (QED) is 0.829. The van der Waals surface area contributed by atoms with Gasteiger partial charge in [0.05, 0.1) is 0 Å². The number of nitrogens with zero attached hydrogens (tertiary/aromatic N) is 1. The van der Waals surface area contributed by atoms with Gasteiger partial charge in [-0.15, -0.1) is 0 Å². The summed E-state index contributed by atoms with van der Waals surface area (Å²) in [5.41, 5.74) is 2.67. The molecule has 2 aliphatic rings. The van der Waals surface area contributed by atoms with Gasteiger partial charge in [-0.3, -0.25) is 14.5 Å². The molecule has 1 unspecified atom stereocenters. The molecule has 2 amide bonds. The molecule has 1 heterocycles. The molecule has 2 N–H and O–H groups in total. The van der Waals surface area contributed by atoms with E-state index in [1.165, 1.54) is 5.56 Å². The van der Waals surface area contributed by atoms with Crippen molar-refractivity contribution in [3.8, 4) is 0 Å². The number of hydrogen-bond donors (Lipinski definition) is 2. The van der Waals surface area contributed by atoms with Crippen molar-refractivity contribution in [3.63, 3.8) is 0 Å².